The summed E-state index contributed by atoms with van der Waals surface area (Å²) >= 11 is 1.52. The predicted molar refractivity (Wildman–Crippen MR) is 77.8 cm³/mol. The van der Waals surface area contributed by atoms with Crippen LogP contribution >= 0.6 is 11.3 Å². The van der Waals surface area contributed by atoms with E-state index in [1.54, 1.807) is 4.90 Å². The highest BCUT2D eigenvalue weighted by atomic mass is 32.1. The van der Waals surface area contributed by atoms with E-state index in [4.69, 9.17) is 4.74 Å². The van der Waals surface area contributed by atoms with E-state index in [0.29, 0.717) is 18.7 Å². The minimum absolute atomic E-state index is 0.0169. The van der Waals surface area contributed by atoms with Crippen LogP contribution in [0.2, 0.25) is 0 Å². The number of amides is 2. The Bertz CT molecular complexity index is 479. The standard InChI is InChI=1S/C14H20N2O3S/c1-14(2,3)16-7-10(6-13(16)18)15-12(17)8-19-11-4-5-20-9-11/h4-5,9-10H,6-8H2,1-3H3,(H,15,17). The van der Waals surface area contributed by atoms with Gasteiger partial charge in [-0.15, -0.1) is 11.3 Å². The number of ether oxygens (including phenoxy) is 1. The van der Waals surface area contributed by atoms with Gasteiger partial charge in [-0.2, -0.15) is 0 Å². The van der Waals surface area contributed by atoms with Gasteiger partial charge in [0.05, 0.1) is 6.04 Å². The Morgan fingerprint density at radius 2 is 2.30 bits per heavy atom. The van der Waals surface area contributed by atoms with Gasteiger partial charge in [-0.25, -0.2) is 0 Å². The van der Waals surface area contributed by atoms with Crippen LogP contribution in [0.1, 0.15) is 27.2 Å². The first-order chi connectivity index (χ1) is 9.36. The topological polar surface area (TPSA) is 58.6 Å². The molecule has 0 bridgehead atoms. The van der Waals surface area contributed by atoms with Gasteiger partial charge >= 0.3 is 0 Å². The van der Waals surface area contributed by atoms with Gasteiger partial charge in [0.2, 0.25) is 5.91 Å². The van der Waals surface area contributed by atoms with Crippen LogP contribution in [0.5, 0.6) is 5.75 Å². The summed E-state index contributed by atoms with van der Waals surface area (Å²) in [7, 11) is 0. The molecule has 6 heteroatoms. The van der Waals surface area contributed by atoms with E-state index < -0.39 is 0 Å². The number of nitrogens with one attached hydrogen (secondary N) is 1. The van der Waals surface area contributed by atoms with Crippen LogP contribution in [0.4, 0.5) is 0 Å². The van der Waals surface area contributed by atoms with Gasteiger partial charge in [0, 0.05) is 23.9 Å². The molecule has 5 nitrogen and oxygen atoms in total. The maximum Gasteiger partial charge on any atom is 0.258 e. The molecule has 0 saturated carbocycles. The molecule has 2 rings (SSSR count). The number of thiophene rings is 1. The highest BCUT2D eigenvalue weighted by Crippen LogP contribution is 2.21. The third-order valence-electron chi connectivity index (χ3n) is 3.16. The fourth-order valence-corrected chi connectivity index (χ4v) is 2.78. The van der Waals surface area contributed by atoms with Gasteiger partial charge in [0.25, 0.3) is 5.91 Å². The first-order valence-corrected chi connectivity index (χ1v) is 7.55. The Morgan fingerprint density at radius 1 is 1.55 bits per heavy atom. The van der Waals surface area contributed by atoms with Gasteiger partial charge in [-0.05, 0) is 32.2 Å². The Hall–Kier alpha value is -1.56. The molecule has 1 aliphatic rings. The molecule has 0 aliphatic carbocycles. The highest BCUT2D eigenvalue weighted by molar-refractivity contribution is 7.08. The van der Waals surface area contributed by atoms with Gasteiger partial charge in [0.1, 0.15) is 5.75 Å². The molecule has 1 N–H and O–H groups in total. The average Bonchev–Trinajstić information content (AvgIpc) is 2.95. The van der Waals surface area contributed by atoms with Gasteiger partial charge < -0.3 is 15.0 Å². The molecule has 20 heavy (non-hydrogen) atoms. The second-order valence-corrected chi connectivity index (χ2v) is 6.67. The second kappa shape index (κ2) is 5.83. The van der Waals surface area contributed by atoms with Crippen molar-refractivity contribution in [3.05, 3.63) is 16.8 Å². The average molecular weight is 296 g/mol. The maximum atomic E-state index is 11.9. The Labute approximate surface area is 122 Å². The SMILES string of the molecule is CC(C)(C)N1CC(NC(=O)COc2ccsc2)CC1=O. The van der Waals surface area contributed by atoms with E-state index in [9.17, 15) is 9.59 Å². The maximum absolute atomic E-state index is 11.9. The summed E-state index contributed by atoms with van der Waals surface area (Å²) in [5, 5.41) is 6.58. The Balaban J connectivity index is 1.79. The van der Waals surface area contributed by atoms with E-state index in [-0.39, 0.29) is 30.0 Å². The van der Waals surface area contributed by atoms with Crippen molar-refractivity contribution < 1.29 is 14.3 Å². The number of hydrogen-bond donors (Lipinski definition) is 1. The van der Waals surface area contributed by atoms with Crippen molar-refractivity contribution >= 4 is 23.2 Å². The lowest BCUT2D eigenvalue weighted by atomic mass is 10.1. The van der Waals surface area contributed by atoms with Crippen molar-refractivity contribution in [1.82, 2.24) is 10.2 Å². The summed E-state index contributed by atoms with van der Waals surface area (Å²) in [5.74, 6) is 0.593. The Kier molecular flexibility index (Phi) is 4.32. The zero-order chi connectivity index (χ0) is 14.8. The van der Waals surface area contributed by atoms with Crippen LogP contribution in [-0.4, -0.2) is 41.4 Å². The number of rotatable bonds is 4. The summed E-state index contributed by atoms with van der Waals surface area (Å²) in [6.45, 7) is 6.53. The molecule has 0 spiro atoms. The van der Waals surface area contributed by atoms with Crippen molar-refractivity contribution in [3.8, 4) is 5.75 Å². The molecule has 1 unspecified atom stereocenters. The third kappa shape index (κ3) is 3.72. The first kappa shape index (κ1) is 14.8. The van der Waals surface area contributed by atoms with Crippen molar-refractivity contribution in [2.75, 3.05) is 13.2 Å². The van der Waals surface area contributed by atoms with E-state index >= 15 is 0 Å². The molecule has 110 valence electrons. The summed E-state index contributed by atoms with van der Waals surface area (Å²) in [6, 6.07) is 1.69. The van der Waals surface area contributed by atoms with E-state index in [1.807, 2.05) is 37.6 Å². The van der Waals surface area contributed by atoms with Crippen LogP contribution in [0.15, 0.2) is 16.8 Å². The fourth-order valence-electron chi connectivity index (χ4n) is 2.20. The first-order valence-electron chi connectivity index (χ1n) is 6.61. The lowest BCUT2D eigenvalue weighted by molar-refractivity contribution is -0.131. The van der Waals surface area contributed by atoms with Crippen LogP contribution in [0.3, 0.4) is 0 Å². The van der Waals surface area contributed by atoms with Crippen molar-refractivity contribution in [3.63, 3.8) is 0 Å². The van der Waals surface area contributed by atoms with Crippen LogP contribution in [0, 0.1) is 0 Å². The molecule has 1 aromatic rings. The predicted octanol–water partition coefficient (Wildman–Crippen LogP) is 1.64. The Morgan fingerprint density at radius 3 is 2.85 bits per heavy atom. The summed E-state index contributed by atoms with van der Waals surface area (Å²) in [4.78, 5) is 25.5. The van der Waals surface area contributed by atoms with E-state index in [1.165, 1.54) is 11.3 Å². The molecule has 1 atom stereocenters. The van der Waals surface area contributed by atoms with Crippen LogP contribution in [0.25, 0.3) is 0 Å². The molecule has 1 fully saturated rings. The van der Waals surface area contributed by atoms with Crippen LogP contribution < -0.4 is 10.1 Å². The molecule has 1 saturated heterocycles. The molecular formula is C14H20N2O3S. The largest absolute Gasteiger partial charge is 0.483 e. The number of likely N-dealkylation sites (tertiary alicyclic amines) is 1. The highest BCUT2D eigenvalue weighted by Gasteiger charge is 2.36. The van der Waals surface area contributed by atoms with Gasteiger partial charge in [-0.3, -0.25) is 9.59 Å². The fraction of sp³-hybridized carbons (Fsp3) is 0.571. The summed E-state index contributed by atoms with van der Waals surface area (Å²) < 4.78 is 5.34. The molecule has 0 aromatic carbocycles. The normalized spacial score (nSPS) is 19.2. The summed E-state index contributed by atoms with van der Waals surface area (Å²) in [5.41, 5.74) is -0.205. The number of carbonyl (C=O) groups is 2. The quantitative estimate of drug-likeness (QED) is 0.919. The third-order valence-corrected chi connectivity index (χ3v) is 3.83. The van der Waals surface area contributed by atoms with Crippen molar-refractivity contribution in [2.45, 2.75) is 38.8 Å². The second-order valence-electron chi connectivity index (χ2n) is 5.89. The van der Waals surface area contributed by atoms with Crippen molar-refractivity contribution in [1.29, 1.82) is 0 Å². The molecule has 2 amide bonds. The number of nitrogens with zero attached hydrogens (tertiary/aromatic N) is 1. The minimum atomic E-state index is -0.205. The van der Waals surface area contributed by atoms with E-state index in [2.05, 4.69) is 5.32 Å². The number of hydrogen-bond acceptors (Lipinski definition) is 4. The molecule has 2 heterocycles. The molecule has 1 aliphatic heterocycles. The summed E-state index contributed by atoms with van der Waals surface area (Å²) in [6.07, 6.45) is 0.363. The van der Waals surface area contributed by atoms with Gasteiger partial charge in [-0.1, -0.05) is 0 Å². The number of carbonyl (C=O) groups excluding carboxylic acids is 2. The molecule has 0 radical (unpaired) electrons. The monoisotopic (exact) mass is 296 g/mol. The molecular weight excluding hydrogens is 276 g/mol. The van der Waals surface area contributed by atoms with Crippen molar-refractivity contribution in [2.24, 2.45) is 0 Å². The smallest absolute Gasteiger partial charge is 0.258 e. The lowest BCUT2D eigenvalue weighted by Gasteiger charge is -2.32. The van der Waals surface area contributed by atoms with Gasteiger partial charge in [0.15, 0.2) is 6.61 Å². The molecule has 1 aromatic heterocycles. The van der Waals surface area contributed by atoms with Crippen LogP contribution in [-0.2, 0) is 9.59 Å². The zero-order valence-corrected chi connectivity index (χ0v) is 12.8. The zero-order valence-electron chi connectivity index (χ0n) is 12.0. The minimum Gasteiger partial charge on any atom is -0.483 e. The van der Waals surface area contributed by atoms with E-state index in [0.717, 1.165) is 0 Å². The lowest BCUT2D eigenvalue weighted by Crippen LogP contribution is -2.45.